The van der Waals surface area contributed by atoms with Crippen LogP contribution in [-0.4, -0.2) is 50.7 Å². The second-order valence-corrected chi connectivity index (χ2v) is 5.55. The van der Waals surface area contributed by atoms with E-state index < -0.39 is 0 Å². The molecule has 3 rings (SSSR count). The van der Waals surface area contributed by atoms with Crippen LogP contribution in [0.15, 0.2) is 12.7 Å². The average Bonchev–Trinajstić information content (AvgIpc) is 3.08. The lowest BCUT2D eigenvalue weighted by molar-refractivity contribution is -0.125. The summed E-state index contributed by atoms with van der Waals surface area (Å²) in [5.41, 5.74) is 0. The Labute approximate surface area is 113 Å². The van der Waals surface area contributed by atoms with Gasteiger partial charge >= 0.3 is 0 Å². The second-order valence-electron chi connectivity index (χ2n) is 5.55. The monoisotopic (exact) mass is 263 g/mol. The molecule has 2 aliphatic heterocycles. The van der Waals surface area contributed by atoms with Crippen LogP contribution < -0.4 is 5.32 Å². The van der Waals surface area contributed by atoms with Crippen molar-refractivity contribution < 1.29 is 4.79 Å². The van der Waals surface area contributed by atoms with Crippen molar-refractivity contribution in [3.05, 3.63) is 12.7 Å². The van der Waals surface area contributed by atoms with Gasteiger partial charge in [0, 0.05) is 18.6 Å². The normalized spacial score (nSPS) is 28.9. The van der Waals surface area contributed by atoms with Gasteiger partial charge in [0.25, 0.3) is 0 Å². The predicted molar refractivity (Wildman–Crippen MR) is 70.5 cm³/mol. The molecule has 0 bridgehead atoms. The molecule has 6 nitrogen and oxygen atoms in total. The molecule has 0 spiro atoms. The summed E-state index contributed by atoms with van der Waals surface area (Å²) in [5.74, 6) is 0.0444. The van der Waals surface area contributed by atoms with Crippen LogP contribution in [0.25, 0.3) is 0 Å². The number of hydrogen-bond acceptors (Lipinski definition) is 4. The lowest BCUT2D eigenvalue weighted by atomic mass is 9.99. The van der Waals surface area contributed by atoms with Crippen molar-refractivity contribution in [2.45, 2.75) is 50.7 Å². The van der Waals surface area contributed by atoms with E-state index in [0.717, 1.165) is 13.0 Å². The summed E-state index contributed by atoms with van der Waals surface area (Å²) in [5, 5.41) is 7.22. The van der Waals surface area contributed by atoms with Crippen molar-refractivity contribution in [2.75, 3.05) is 13.1 Å². The van der Waals surface area contributed by atoms with Gasteiger partial charge in [-0.05, 0) is 32.7 Å². The minimum Gasteiger partial charge on any atom is -0.350 e. The summed E-state index contributed by atoms with van der Waals surface area (Å²) in [6, 6.07) is 0.555. The molecule has 2 fully saturated rings. The van der Waals surface area contributed by atoms with Crippen molar-refractivity contribution in [2.24, 2.45) is 0 Å². The van der Waals surface area contributed by atoms with Gasteiger partial charge in [-0.1, -0.05) is 6.42 Å². The molecule has 3 atom stereocenters. The van der Waals surface area contributed by atoms with Gasteiger partial charge in [-0.2, -0.15) is 5.10 Å². The molecule has 3 heterocycles. The quantitative estimate of drug-likeness (QED) is 0.866. The fourth-order valence-electron chi connectivity index (χ4n) is 3.26. The number of rotatable bonds is 3. The van der Waals surface area contributed by atoms with Crippen LogP contribution in [0.4, 0.5) is 0 Å². The van der Waals surface area contributed by atoms with E-state index in [2.05, 4.69) is 20.3 Å². The summed E-state index contributed by atoms with van der Waals surface area (Å²) >= 11 is 0. The molecule has 2 aliphatic rings. The first-order chi connectivity index (χ1) is 9.25. The molecule has 0 saturated carbocycles. The molecule has 0 aromatic carbocycles. The molecule has 1 aromatic rings. The first-order valence-corrected chi connectivity index (χ1v) is 7.14. The third-order valence-electron chi connectivity index (χ3n) is 4.40. The second kappa shape index (κ2) is 5.28. The maximum Gasteiger partial charge on any atom is 0.244 e. The number of amides is 1. The maximum atomic E-state index is 12.3. The molecule has 0 unspecified atom stereocenters. The third-order valence-corrected chi connectivity index (χ3v) is 4.40. The van der Waals surface area contributed by atoms with E-state index >= 15 is 0 Å². The molecule has 0 aliphatic carbocycles. The van der Waals surface area contributed by atoms with Gasteiger partial charge in [-0.3, -0.25) is 9.69 Å². The van der Waals surface area contributed by atoms with Gasteiger partial charge in [0.2, 0.25) is 5.91 Å². The maximum absolute atomic E-state index is 12.3. The highest BCUT2D eigenvalue weighted by Gasteiger charge is 2.36. The number of nitrogens with zero attached hydrogens (tertiary/aromatic N) is 4. The molecule has 19 heavy (non-hydrogen) atoms. The zero-order valence-electron chi connectivity index (χ0n) is 11.3. The SMILES string of the molecule is C[C@H](C(=O)N[C@H]1CCN2CCCC[C@@H]12)n1cncn1. The standard InChI is InChI=1S/C13H21N5O/c1-10(18-9-14-8-15-18)13(19)16-11-5-7-17-6-3-2-4-12(11)17/h8-12H,2-7H2,1H3,(H,16,19)/t10-,11+,12+/m1/s1. The number of fused-ring (bicyclic) bond motifs is 1. The van der Waals surface area contributed by atoms with Gasteiger partial charge < -0.3 is 5.32 Å². The molecular weight excluding hydrogens is 242 g/mol. The van der Waals surface area contributed by atoms with Gasteiger partial charge in [-0.15, -0.1) is 0 Å². The van der Waals surface area contributed by atoms with Crippen LogP contribution in [0.5, 0.6) is 0 Å². The Bertz CT molecular complexity index is 432. The topological polar surface area (TPSA) is 63.1 Å². The van der Waals surface area contributed by atoms with E-state index in [1.165, 1.54) is 32.1 Å². The smallest absolute Gasteiger partial charge is 0.244 e. The van der Waals surface area contributed by atoms with Gasteiger partial charge in [-0.25, -0.2) is 9.67 Å². The number of carbonyl (C=O) groups excluding carboxylic acids is 1. The number of nitrogens with one attached hydrogen (secondary N) is 1. The van der Waals surface area contributed by atoms with Crippen LogP contribution in [0.1, 0.15) is 38.6 Å². The van der Waals surface area contributed by atoms with Crippen LogP contribution >= 0.6 is 0 Å². The highest BCUT2D eigenvalue weighted by Crippen LogP contribution is 2.27. The first-order valence-electron chi connectivity index (χ1n) is 7.14. The number of carbonyl (C=O) groups is 1. The van der Waals surface area contributed by atoms with Crippen LogP contribution in [0, 0.1) is 0 Å². The first kappa shape index (κ1) is 12.6. The van der Waals surface area contributed by atoms with E-state index in [-0.39, 0.29) is 11.9 Å². The van der Waals surface area contributed by atoms with Crippen LogP contribution in [0.3, 0.4) is 0 Å². The summed E-state index contributed by atoms with van der Waals surface area (Å²) in [6.07, 6.45) is 7.91. The van der Waals surface area contributed by atoms with Crippen LogP contribution in [-0.2, 0) is 4.79 Å². The van der Waals surface area contributed by atoms with E-state index in [1.807, 2.05) is 6.92 Å². The Morgan fingerprint density at radius 1 is 1.37 bits per heavy atom. The zero-order valence-corrected chi connectivity index (χ0v) is 11.3. The van der Waals surface area contributed by atoms with Crippen molar-refractivity contribution in [3.63, 3.8) is 0 Å². The van der Waals surface area contributed by atoms with Crippen molar-refractivity contribution >= 4 is 5.91 Å². The molecule has 104 valence electrons. The molecule has 0 radical (unpaired) electrons. The predicted octanol–water partition coefficient (Wildman–Crippen LogP) is 0.582. The molecule has 1 N–H and O–H groups in total. The lowest BCUT2D eigenvalue weighted by Gasteiger charge is -2.32. The minimum atomic E-state index is -0.292. The van der Waals surface area contributed by atoms with Gasteiger partial charge in [0.15, 0.2) is 0 Å². The Balaban J connectivity index is 1.60. The molecule has 1 amide bonds. The molecule has 6 heteroatoms. The number of hydrogen-bond donors (Lipinski definition) is 1. The van der Waals surface area contributed by atoms with E-state index in [1.54, 1.807) is 11.0 Å². The molecule has 2 saturated heterocycles. The number of piperidine rings is 1. The van der Waals surface area contributed by atoms with E-state index in [9.17, 15) is 4.79 Å². The summed E-state index contributed by atoms with van der Waals surface area (Å²) in [6.45, 7) is 4.17. The largest absolute Gasteiger partial charge is 0.350 e. The van der Waals surface area contributed by atoms with Gasteiger partial charge in [0.05, 0.1) is 0 Å². The Morgan fingerprint density at radius 3 is 3.05 bits per heavy atom. The van der Waals surface area contributed by atoms with Crippen molar-refractivity contribution in [3.8, 4) is 0 Å². The Morgan fingerprint density at radius 2 is 2.26 bits per heavy atom. The van der Waals surface area contributed by atoms with Crippen molar-refractivity contribution in [1.82, 2.24) is 25.0 Å². The van der Waals surface area contributed by atoms with Gasteiger partial charge in [0.1, 0.15) is 18.7 Å². The van der Waals surface area contributed by atoms with E-state index in [0.29, 0.717) is 12.1 Å². The fraction of sp³-hybridized carbons (Fsp3) is 0.769. The lowest BCUT2D eigenvalue weighted by Crippen LogP contribution is -2.48. The van der Waals surface area contributed by atoms with E-state index in [4.69, 9.17) is 0 Å². The summed E-state index contributed by atoms with van der Waals surface area (Å²) in [4.78, 5) is 18.7. The Kier molecular flexibility index (Phi) is 3.50. The average molecular weight is 263 g/mol. The summed E-state index contributed by atoms with van der Waals surface area (Å²) in [7, 11) is 0. The number of aromatic nitrogens is 3. The third kappa shape index (κ3) is 2.49. The highest BCUT2D eigenvalue weighted by atomic mass is 16.2. The fourth-order valence-corrected chi connectivity index (χ4v) is 3.26. The molecule has 1 aromatic heterocycles. The molecular formula is C13H21N5O. The summed E-state index contributed by atoms with van der Waals surface area (Å²) < 4.78 is 1.60. The van der Waals surface area contributed by atoms with Crippen molar-refractivity contribution in [1.29, 1.82) is 0 Å². The minimum absolute atomic E-state index is 0.0444. The van der Waals surface area contributed by atoms with Crippen LogP contribution in [0.2, 0.25) is 0 Å². The Hall–Kier alpha value is -1.43. The zero-order chi connectivity index (χ0) is 13.2. The highest BCUT2D eigenvalue weighted by molar-refractivity contribution is 5.80.